The van der Waals surface area contributed by atoms with Crippen molar-refractivity contribution < 1.29 is 38.3 Å². The normalized spacial score (nSPS) is 23.4. The highest BCUT2D eigenvalue weighted by Gasteiger charge is 2.49. The van der Waals surface area contributed by atoms with E-state index in [4.69, 9.17) is 28.4 Å². The van der Waals surface area contributed by atoms with Gasteiger partial charge in [-0.3, -0.25) is 4.79 Å². The van der Waals surface area contributed by atoms with E-state index in [2.05, 4.69) is 0 Å². The van der Waals surface area contributed by atoms with Crippen LogP contribution in [0.15, 0.2) is 18.2 Å². The maximum Gasteiger partial charge on any atom is 0.310 e. The van der Waals surface area contributed by atoms with Gasteiger partial charge in [-0.15, -0.1) is 0 Å². The fraction of sp³-hybridized carbons (Fsp3) is 0.409. The van der Waals surface area contributed by atoms with Crippen LogP contribution in [0.4, 0.5) is 0 Å². The molecule has 0 unspecified atom stereocenters. The lowest BCUT2D eigenvalue weighted by Gasteiger charge is -2.34. The molecule has 2 aliphatic heterocycles. The Morgan fingerprint density at radius 2 is 1.73 bits per heavy atom. The first-order valence-electron chi connectivity index (χ1n) is 9.68. The highest BCUT2D eigenvalue weighted by atomic mass is 16.7. The van der Waals surface area contributed by atoms with Crippen molar-refractivity contribution in [1.82, 2.24) is 0 Å². The van der Waals surface area contributed by atoms with E-state index in [9.17, 15) is 9.90 Å². The van der Waals surface area contributed by atoms with Gasteiger partial charge >= 0.3 is 5.97 Å². The summed E-state index contributed by atoms with van der Waals surface area (Å²) in [5, 5.41) is 10.9. The van der Waals surface area contributed by atoms with Crippen LogP contribution in [0.1, 0.15) is 22.6 Å². The molecular formula is C22H22O8. The number of fused-ring (bicyclic) bond motifs is 3. The summed E-state index contributed by atoms with van der Waals surface area (Å²) in [6, 6.07) is 5.53. The zero-order valence-electron chi connectivity index (χ0n) is 16.9. The smallest absolute Gasteiger partial charge is 0.310 e. The Morgan fingerprint density at radius 3 is 2.40 bits per heavy atom. The van der Waals surface area contributed by atoms with Gasteiger partial charge in [-0.2, -0.15) is 0 Å². The molecule has 2 heterocycles. The lowest BCUT2D eigenvalue weighted by atomic mass is 9.67. The molecule has 1 fully saturated rings. The first kappa shape index (κ1) is 18.7. The molecule has 158 valence electrons. The van der Waals surface area contributed by atoms with Gasteiger partial charge in [0.05, 0.1) is 33.9 Å². The van der Waals surface area contributed by atoms with Crippen LogP contribution in [0.3, 0.4) is 0 Å². The predicted molar refractivity (Wildman–Crippen MR) is 104 cm³/mol. The third-order valence-electron chi connectivity index (χ3n) is 6.20. The minimum absolute atomic E-state index is 0.0511. The fourth-order valence-corrected chi connectivity index (χ4v) is 4.87. The lowest BCUT2D eigenvalue weighted by molar-refractivity contribution is -0.141. The maximum absolute atomic E-state index is 12.7. The third-order valence-corrected chi connectivity index (χ3v) is 6.20. The molecule has 0 amide bonds. The van der Waals surface area contributed by atoms with Crippen LogP contribution < -0.4 is 23.7 Å². The van der Waals surface area contributed by atoms with Crippen molar-refractivity contribution in [3.05, 3.63) is 34.9 Å². The third kappa shape index (κ3) is 2.56. The van der Waals surface area contributed by atoms with E-state index < -0.39 is 0 Å². The molecule has 0 spiro atoms. The van der Waals surface area contributed by atoms with Crippen LogP contribution in [0.2, 0.25) is 0 Å². The predicted octanol–water partition coefficient (Wildman–Crippen LogP) is 2.62. The topological polar surface area (TPSA) is 92.7 Å². The number of carbonyl (C=O) groups excluding carboxylic acids is 1. The number of methoxy groups -OCH3 is 3. The van der Waals surface area contributed by atoms with Gasteiger partial charge in [0.15, 0.2) is 23.0 Å². The average molecular weight is 414 g/mol. The summed E-state index contributed by atoms with van der Waals surface area (Å²) in [7, 11) is 4.64. The monoisotopic (exact) mass is 414 g/mol. The van der Waals surface area contributed by atoms with Gasteiger partial charge in [-0.1, -0.05) is 0 Å². The van der Waals surface area contributed by atoms with Gasteiger partial charge < -0.3 is 33.5 Å². The second-order valence-electron chi connectivity index (χ2n) is 7.58. The molecule has 0 saturated carbocycles. The first-order valence-corrected chi connectivity index (χ1v) is 9.68. The molecule has 8 heteroatoms. The van der Waals surface area contributed by atoms with Crippen molar-refractivity contribution in [2.75, 3.05) is 34.7 Å². The summed E-state index contributed by atoms with van der Waals surface area (Å²) in [6.07, 6.45) is 0.523. The molecule has 1 aliphatic carbocycles. The number of carbonyl (C=O) groups is 1. The number of phenolic OH excluding ortho intramolecular Hbond substituents is 1. The Balaban J connectivity index is 1.75. The fourth-order valence-electron chi connectivity index (χ4n) is 4.87. The van der Waals surface area contributed by atoms with Crippen molar-refractivity contribution in [3.8, 4) is 34.5 Å². The van der Waals surface area contributed by atoms with E-state index >= 15 is 0 Å². The highest BCUT2D eigenvalue weighted by Crippen LogP contribution is 2.55. The van der Waals surface area contributed by atoms with Crippen molar-refractivity contribution >= 4 is 5.97 Å². The number of benzene rings is 2. The van der Waals surface area contributed by atoms with E-state index in [0.29, 0.717) is 41.8 Å². The molecule has 8 nitrogen and oxygen atoms in total. The first-order chi connectivity index (χ1) is 14.6. The zero-order valence-corrected chi connectivity index (χ0v) is 16.9. The molecule has 30 heavy (non-hydrogen) atoms. The quantitative estimate of drug-likeness (QED) is 0.764. The second kappa shape index (κ2) is 6.90. The van der Waals surface area contributed by atoms with Gasteiger partial charge in [-0.05, 0) is 35.7 Å². The standard InChI is InChI=1S/C22H22O8/c1-25-14-5-10(6-15(26-2)20(14)27-3)17-12-7-16-21(30-9-29-16)19(23)13(12)4-11-8-28-22(24)18(11)17/h5-7,11,17-18,23H,4,8-9H2,1-3H3/t11-,17+,18+/m0/s1. The Kier molecular flexibility index (Phi) is 4.30. The largest absolute Gasteiger partial charge is 0.504 e. The summed E-state index contributed by atoms with van der Waals surface area (Å²) < 4.78 is 32.9. The number of esters is 1. The number of phenols is 1. The van der Waals surface area contributed by atoms with Crippen LogP contribution in [0.25, 0.3) is 0 Å². The number of rotatable bonds is 4. The van der Waals surface area contributed by atoms with Gasteiger partial charge in [0.1, 0.15) is 0 Å². The van der Waals surface area contributed by atoms with E-state index in [1.807, 2.05) is 18.2 Å². The second-order valence-corrected chi connectivity index (χ2v) is 7.58. The van der Waals surface area contributed by atoms with Crippen LogP contribution in [0, 0.1) is 11.8 Å². The molecule has 1 N–H and O–H groups in total. The number of cyclic esters (lactones) is 1. The highest BCUT2D eigenvalue weighted by molar-refractivity contribution is 5.79. The summed E-state index contributed by atoms with van der Waals surface area (Å²) >= 11 is 0. The van der Waals surface area contributed by atoms with Crippen LogP contribution in [0.5, 0.6) is 34.5 Å². The van der Waals surface area contributed by atoms with Crippen molar-refractivity contribution in [3.63, 3.8) is 0 Å². The number of hydrogen-bond donors (Lipinski definition) is 1. The molecule has 2 aromatic carbocycles. The van der Waals surface area contributed by atoms with Crippen LogP contribution >= 0.6 is 0 Å². The molecule has 3 aliphatic rings. The number of ether oxygens (including phenoxy) is 6. The Bertz CT molecular complexity index is 1010. The number of hydrogen-bond acceptors (Lipinski definition) is 8. The van der Waals surface area contributed by atoms with Crippen LogP contribution in [-0.2, 0) is 16.0 Å². The average Bonchev–Trinajstić information content (AvgIpc) is 3.38. The van der Waals surface area contributed by atoms with Gasteiger partial charge in [0.2, 0.25) is 18.3 Å². The van der Waals surface area contributed by atoms with E-state index in [1.165, 1.54) is 0 Å². The van der Waals surface area contributed by atoms with Crippen LogP contribution in [-0.4, -0.2) is 45.8 Å². The van der Waals surface area contributed by atoms with Gasteiger partial charge in [-0.25, -0.2) is 0 Å². The Morgan fingerprint density at radius 1 is 1.00 bits per heavy atom. The Labute approximate surface area is 173 Å². The number of aromatic hydroxyl groups is 1. The minimum Gasteiger partial charge on any atom is -0.504 e. The van der Waals surface area contributed by atoms with Gasteiger partial charge in [0, 0.05) is 17.4 Å². The summed E-state index contributed by atoms with van der Waals surface area (Å²) in [4.78, 5) is 12.7. The Hall–Kier alpha value is -3.29. The molecule has 3 atom stereocenters. The summed E-state index contributed by atoms with van der Waals surface area (Å²) in [5.41, 5.74) is 2.36. The molecule has 1 saturated heterocycles. The van der Waals surface area contributed by atoms with Crippen molar-refractivity contribution in [2.45, 2.75) is 12.3 Å². The van der Waals surface area contributed by atoms with Gasteiger partial charge in [0.25, 0.3) is 0 Å². The zero-order chi connectivity index (χ0) is 21.0. The maximum atomic E-state index is 12.7. The summed E-state index contributed by atoms with van der Waals surface area (Å²) in [5.74, 6) is 1.27. The molecule has 0 bridgehead atoms. The van der Waals surface area contributed by atoms with E-state index in [0.717, 1.165) is 16.7 Å². The molecule has 2 aromatic rings. The SMILES string of the molecule is COc1cc([C@@H]2c3cc4c(c(O)c3C[C@H]3COC(=O)[C@H]32)OCO4)cc(OC)c1OC. The van der Waals surface area contributed by atoms with Crippen molar-refractivity contribution in [1.29, 1.82) is 0 Å². The van der Waals surface area contributed by atoms with E-state index in [1.54, 1.807) is 21.3 Å². The minimum atomic E-state index is -0.389. The molecule has 5 rings (SSSR count). The van der Waals surface area contributed by atoms with E-state index in [-0.39, 0.29) is 36.3 Å². The molecule has 0 aromatic heterocycles. The lowest BCUT2D eigenvalue weighted by Crippen LogP contribution is -2.31. The molecular weight excluding hydrogens is 392 g/mol. The molecule has 0 radical (unpaired) electrons. The summed E-state index contributed by atoms with van der Waals surface area (Å²) in [6.45, 7) is 0.368. The van der Waals surface area contributed by atoms with Crippen molar-refractivity contribution in [2.24, 2.45) is 11.8 Å².